The molecule has 0 fully saturated rings. The zero-order valence-corrected chi connectivity index (χ0v) is 9.95. The number of carbonyl (C=O) groups is 1. The molecule has 0 bridgehead atoms. The molecule has 0 spiro atoms. The van der Waals surface area contributed by atoms with E-state index in [1.807, 2.05) is 0 Å². The Bertz CT molecular complexity index is 635. The molecule has 2 rings (SSSR count). The molecule has 0 aliphatic rings. The van der Waals surface area contributed by atoms with E-state index in [1.54, 1.807) is 6.07 Å². The molecule has 6 heteroatoms. The van der Waals surface area contributed by atoms with E-state index in [1.165, 1.54) is 18.2 Å². The first-order valence-electron chi connectivity index (χ1n) is 5.50. The molecular formula is C14H8F4O2. The molecule has 0 heterocycles. The van der Waals surface area contributed by atoms with Crippen LogP contribution in [0.15, 0.2) is 42.5 Å². The van der Waals surface area contributed by atoms with E-state index >= 15 is 0 Å². The summed E-state index contributed by atoms with van der Waals surface area (Å²) in [7, 11) is 0. The van der Waals surface area contributed by atoms with Crippen molar-refractivity contribution in [1.82, 2.24) is 0 Å². The molecule has 104 valence electrons. The van der Waals surface area contributed by atoms with Gasteiger partial charge in [-0.1, -0.05) is 12.1 Å². The summed E-state index contributed by atoms with van der Waals surface area (Å²) < 4.78 is 56.4. The first kappa shape index (κ1) is 14.0. The molecule has 0 N–H and O–H groups in total. The van der Waals surface area contributed by atoms with E-state index in [-0.39, 0.29) is 11.3 Å². The lowest BCUT2D eigenvalue weighted by atomic mass is 10.1. The van der Waals surface area contributed by atoms with Crippen LogP contribution in [0.5, 0.6) is 11.5 Å². The lowest BCUT2D eigenvalue weighted by molar-refractivity contribution is -0.138. The van der Waals surface area contributed by atoms with Crippen molar-refractivity contribution < 1.29 is 27.1 Å². The van der Waals surface area contributed by atoms with Gasteiger partial charge in [0.25, 0.3) is 0 Å². The van der Waals surface area contributed by atoms with E-state index < -0.39 is 23.3 Å². The SMILES string of the molecule is O=Cc1ccccc1Oc1ccc(F)cc1C(F)(F)F. The summed E-state index contributed by atoms with van der Waals surface area (Å²) in [6, 6.07) is 7.89. The minimum Gasteiger partial charge on any atom is -0.456 e. The summed E-state index contributed by atoms with van der Waals surface area (Å²) in [6.45, 7) is 0. The van der Waals surface area contributed by atoms with Crippen LogP contribution in [0.2, 0.25) is 0 Å². The maximum Gasteiger partial charge on any atom is 0.420 e. The Morgan fingerprint density at radius 2 is 1.70 bits per heavy atom. The van der Waals surface area contributed by atoms with Gasteiger partial charge in [0.2, 0.25) is 0 Å². The summed E-state index contributed by atoms with van der Waals surface area (Å²) in [6.07, 6.45) is -4.29. The Morgan fingerprint density at radius 3 is 2.35 bits per heavy atom. The van der Waals surface area contributed by atoms with Crippen molar-refractivity contribution in [2.24, 2.45) is 0 Å². The van der Waals surface area contributed by atoms with Gasteiger partial charge in [0.15, 0.2) is 6.29 Å². The molecule has 0 unspecified atom stereocenters. The number of ether oxygens (including phenoxy) is 1. The Labute approximate surface area is 111 Å². The van der Waals surface area contributed by atoms with Crippen LogP contribution in [0.4, 0.5) is 17.6 Å². The standard InChI is InChI=1S/C14H8F4O2/c15-10-5-6-13(11(7-10)14(16,17)18)20-12-4-2-1-3-9(12)8-19/h1-8H. The first-order chi connectivity index (χ1) is 9.41. The fourth-order valence-corrected chi connectivity index (χ4v) is 1.60. The molecule has 20 heavy (non-hydrogen) atoms. The Morgan fingerprint density at radius 1 is 1.00 bits per heavy atom. The molecule has 0 aromatic heterocycles. The summed E-state index contributed by atoms with van der Waals surface area (Å²) in [5, 5.41) is 0. The monoisotopic (exact) mass is 284 g/mol. The van der Waals surface area contributed by atoms with Crippen molar-refractivity contribution in [2.75, 3.05) is 0 Å². The van der Waals surface area contributed by atoms with Crippen molar-refractivity contribution >= 4 is 6.29 Å². The molecule has 2 aromatic carbocycles. The van der Waals surface area contributed by atoms with Crippen molar-refractivity contribution in [1.29, 1.82) is 0 Å². The second-order valence-electron chi connectivity index (χ2n) is 3.90. The number of benzene rings is 2. The van der Waals surface area contributed by atoms with Gasteiger partial charge in [0, 0.05) is 0 Å². The molecule has 0 saturated heterocycles. The molecular weight excluding hydrogens is 276 g/mol. The zero-order valence-electron chi connectivity index (χ0n) is 9.95. The number of rotatable bonds is 3. The zero-order chi connectivity index (χ0) is 14.8. The van der Waals surface area contributed by atoms with Gasteiger partial charge in [0.1, 0.15) is 22.9 Å². The average molecular weight is 284 g/mol. The summed E-state index contributed by atoms with van der Waals surface area (Å²) in [5.41, 5.74) is -1.14. The summed E-state index contributed by atoms with van der Waals surface area (Å²) >= 11 is 0. The van der Waals surface area contributed by atoms with E-state index in [4.69, 9.17) is 4.74 Å². The largest absolute Gasteiger partial charge is 0.456 e. The van der Waals surface area contributed by atoms with Crippen molar-refractivity contribution in [2.45, 2.75) is 6.18 Å². The number of para-hydroxylation sites is 1. The third-order valence-corrected chi connectivity index (χ3v) is 2.51. The maximum absolute atomic E-state index is 13.0. The van der Waals surface area contributed by atoms with Crippen LogP contribution in [-0.4, -0.2) is 6.29 Å². The third kappa shape index (κ3) is 2.96. The highest BCUT2D eigenvalue weighted by atomic mass is 19.4. The Hall–Kier alpha value is -2.37. The minimum atomic E-state index is -4.76. The van der Waals surface area contributed by atoms with Crippen LogP contribution < -0.4 is 4.74 Å². The quantitative estimate of drug-likeness (QED) is 0.615. The van der Waals surface area contributed by atoms with Gasteiger partial charge in [0.05, 0.1) is 5.56 Å². The summed E-state index contributed by atoms with van der Waals surface area (Å²) in [4.78, 5) is 10.8. The normalized spacial score (nSPS) is 11.2. The number of alkyl halides is 3. The van der Waals surface area contributed by atoms with Crippen LogP contribution >= 0.6 is 0 Å². The molecule has 2 aromatic rings. The molecule has 0 atom stereocenters. The van der Waals surface area contributed by atoms with Gasteiger partial charge in [-0.3, -0.25) is 4.79 Å². The fraction of sp³-hybridized carbons (Fsp3) is 0.0714. The van der Waals surface area contributed by atoms with Crippen molar-refractivity contribution in [3.8, 4) is 11.5 Å². The van der Waals surface area contributed by atoms with Crippen LogP contribution in [-0.2, 0) is 6.18 Å². The number of hydrogen-bond acceptors (Lipinski definition) is 2. The third-order valence-electron chi connectivity index (χ3n) is 2.51. The molecule has 0 radical (unpaired) electrons. The summed E-state index contributed by atoms with van der Waals surface area (Å²) in [5.74, 6) is -1.61. The molecule has 0 saturated carbocycles. The predicted molar refractivity (Wildman–Crippen MR) is 63.3 cm³/mol. The van der Waals surface area contributed by atoms with Crippen LogP contribution in [0.1, 0.15) is 15.9 Å². The van der Waals surface area contributed by atoms with Gasteiger partial charge < -0.3 is 4.74 Å². The molecule has 2 nitrogen and oxygen atoms in total. The molecule has 0 aliphatic carbocycles. The van der Waals surface area contributed by atoms with Gasteiger partial charge >= 0.3 is 6.18 Å². The Kier molecular flexibility index (Phi) is 3.74. The molecule has 0 aliphatic heterocycles. The molecule has 0 amide bonds. The average Bonchev–Trinajstić information content (AvgIpc) is 2.40. The highest BCUT2D eigenvalue weighted by Crippen LogP contribution is 2.38. The fourth-order valence-electron chi connectivity index (χ4n) is 1.60. The van der Waals surface area contributed by atoms with Crippen LogP contribution in [0, 0.1) is 5.82 Å². The number of hydrogen-bond donors (Lipinski definition) is 0. The van der Waals surface area contributed by atoms with Gasteiger partial charge in [-0.05, 0) is 30.3 Å². The first-order valence-corrected chi connectivity index (χ1v) is 5.50. The smallest absolute Gasteiger partial charge is 0.420 e. The highest BCUT2D eigenvalue weighted by molar-refractivity contribution is 5.79. The van der Waals surface area contributed by atoms with Crippen LogP contribution in [0.3, 0.4) is 0 Å². The number of carbonyl (C=O) groups excluding carboxylic acids is 1. The second-order valence-corrected chi connectivity index (χ2v) is 3.90. The van der Waals surface area contributed by atoms with Crippen molar-refractivity contribution in [3.63, 3.8) is 0 Å². The number of aldehydes is 1. The van der Waals surface area contributed by atoms with E-state index in [0.717, 1.165) is 12.1 Å². The Balaban J connectivity index is 2.46. The van der Waals surface area contributed by atoms with E-state index in [0.29, 0.717) is 12.4 Å². The van der Waals surface area contributed by atoms with Gasteiger partial charge in [-0.2, -0.15) is 13.2 Å². The lowest BCUT2D eigenvalue weighted by Crippen LogP contribution is -2.08. The van der Waals surface area contributed by atoms with Crippen molar-refractivity contribution in [3.05, 3.63) is 59.4 Å². The lowest BCUT2D eigenvalue weighted by Gasteiger charge is -2.14. The van der Waals surface area contributed by atoms with Gasteiger partial charge in [-0.25, -0.2) is 4.39 Å². The topological polar surface area (TPSA) is 26.3 Å². The van der Waals surface area contributed by atoms with Gasteiger partial charge in [-0.15, -0.1) is 0 Å². The predicted octanol–water partition coefficient (Wildman–Crippen LogP) is 4.45. The second kappa shape index (κ2) is 5.32. The minimum absolute atomic E-state index is 0.0281. The maximum atomic E-state index is 13.0. The highest BCUT2D eigenvalue weighted by Gasteiger charge is 2.35. The van der Waals surface area contributed by atoms with E-state index in [2.05, 4.69) is 0 Å². The van der Waals surface area contributed by atoms with Crippen LogP contribution in [0.25, 0.3) is 0 Å². The van der Waals surface area contributed by atoms with E-state index in [9.17, 15) is 22.4 Å². The number of halogens is 4.